The van der Waals surface area contributed by atoms with Crippen LogP contribution < -0.4 is 9.47 Å². The largest absolute Gasteiger partial charge is 0.480 e. The van der Waals surface area contributed by atoms with Crippen molar-refractivity contribution in [3.8, 4) is 11.5 Å². The number of hydrogen-bond donors (Lipinski definition) is 1. The second-order valence-corrected chi connectivity index (χ2v) is 9.85. The van der Waals surface area contributed by atoms with Gasteiger partial charge in [-0.2, -0.15) is 17.6 Å². The Hall–Kier alpha value is -3.58. The van der Waals surface area contributed by atoms with Crippen molar-refractivity contribution < 1.29 is 56.1 Å². The van der Waals surface area contributed by atoms with Crippen molar-refractivity contribution in [1.29, 1.82) is 0 Å². The van der Waals surface area contributed by atoms with Crippen LogP contribution in [0.15, 0.2) is 0 Å². The van der Waals surface area contributed by atoms with Gasteiger partial charge in [-0.1, -0.05) is 0 Å². The lowest BCUT2D eigenvalue weighted by molar-refractivity contribution is -0.163. The maximum absolute atomic E-state index is 14.6. The third kappa shape index (κ3) is 6.27. The zero-order chi connectivity index (χ0) is 28.4. The second-order valence-electron chi connectivity index (χ2n) is 9.85. The first-order valence-corrected chi connectivity index (χ1v) is 11.9. The summed E-state index contributed by atoms with van der Waals surface area (Å²) in [5.41, 5.74) is -0.812. The molecule has 1 aromatic carbocycles. The summed E-state index contributed by atoms with van der Waals surface area (Å²) in [6.45, 7) is 3.04. The number of hydrogen-bond acceptors (Lipinski definition) is 7. The molecule has 38 heavy (non-hydrogen) atoms. The average molecular weight is 548 g/mol. The molecular formula is C24H28F4N2O8. The van der Waals surface area contributed by atoms with Gasteiger partial charge in [-0.05, 0) is 46.5 Å². The van der Waals surface area contributed by atoms with Crippen molar-refractivity contribution in [2.24, 2.45) is 0 Å². The predicted molar refractivity (Wildman–Crippen MR) is 120 cm³/mol. The van der Waals surface area contributed by atoms with E-state index in [1.54, 1.807) is 20.8 Å². The van der Waals surface area contributed by atoms with Crippen LogP contribution in [0.4, 0.5) is 17.6 Å². The number of halogens is 4. The first-order valence-electron chi connectivity index (χ1n) is 11.9. The number of benzene rings is 1. The highest BCUT2D eigenvalue weighted by Gasteiger charge is 2.38. The van der Waals surface area contributed by atoms with Crippen LogP contribution in [0.5, 0.6) is 11.5 Å². The van der Waals surface area contributed by atoms with Crippen LogP contribution in [0, 0.1) is 23.3 Å². The van der Waals surface area contributed by atoms with E-state index in [1.165, 1.54) is 0 Å². The summed E-state index contributed by atoms with van der Waals surface area (Å²) < 4.78 is 72.9. The second kappa shape index (κ2) is 11.4. The molecule has 2 unspecified atom stereocenters. The predicted octanol–water partition coefficient (Wildman–Crippen LogP) is 2.41. The Balaban J connectivity index is 1.68. The summed E-state index contributed by atoms with van der Waals surface area (Å²) in [7, 11) is 0. The summed E-state index contributed by atoms with van der Waals surface area (Å²) in [5.74, 6) is -14.8. The van der Waals surface area contributed by atoms with Gasteiger partial charge in [0.1, 0.15) is 17.7 Å². The average Bonchev–Trinajstić information content (AvgIpc) is 3.51. The van der Waals surface area contributed by atoms with Gasteiger partial charge in [0.05, 0.1) is 0 Å². The zero-order valence-corrected chi connectivity index (χ0v) is 21.0. The lowest BCUT2D eigenvalue weighted by atomic mass is 10.1. The van der Waals surface area contributed by atoms with E-state index in [9.17, 15) is 36.7 Å². The molecule has 1 N–H and O–H groups in total. The van der Waals surface area contributed by atoms with Gasteiger partial charge in [0, 0.05) is 13.1 Å². The van der Waals surface area contributed by atoms with Crippen molar-refractivity contribution >= 4 is 23.8 Å². The molecule has 14 heteroatoms. The topological polar surface area (TPSA) is 123 Å². The Labute approximate surface area is 215 Å². The molecule has 0 radical (unpaired) electrons. The van der Waals surface area contributed by atoms with E-state index < -0.39 is 89.4 Å². The molecule has 2 fully saturated rings. The Bertz CT molecular complexity index is 1090. The summed E-state index contributed by atoms with van der Waals surface area (Å²) in [5, 5.41) is 9.14. The van der Waals surface area contributed by atoms with Gasteiger partial charge in [-0.25, -0.2) is 9.59 Å². The Kier molecular flexibility index (Phi) is 8.72. The number of likely N-dealkylation sites (tertiary alicyclic amines) is 2. The molecule has 0 bridgehead atoms. The maximum Gasteiger partial charge on any atom is 0.329 e. The van der Waals surface area contributed by atoms with Crippen LogP contribution in [0.2, 0.25) is 0 Å². The summed E-state index contributed by atoms with van der Waals surface area (Å²) in [6.07, 6.45) is 1.31. The first-order chi connectivity index (χ1) is 17.7. The molecule has 0 aromatic heterocycles. The van der Waals surface area contributed by atoms with Crippen LogP contribution in [-0.2, 0) is 23.9 Å². The fraction of sp³-hybridized carbons (Fsp3) is 0.583. The molecule has 2 saturated heterocycles. The van der Waals surface area contributed by atoms with Crippen LogP contribution in [0.25, 0.3) is 0 Å². The molecular weight excluding hydrogens is 520 g/mol. The van der Waals surface area contributed by atoms with Gasteiger partial charge in [0.15, 0.2) is 24.7 Å². The molecule has 2 aliphatic rings. The van der Waals surface area contributed by atoms with E-state index >= 15 is 0 Å². The first kappa shape index (κ1) is 29.0. The minimum absolute atomic E-state index is 0.0689. The van der Waals surface area contributed by atoms with Crippen LogP contribution in [-0.4, -0.2) is 82.6 Å². The Morgan fingerprint density at radius 2 is 1.18 bits per heavy atom. The van der Waals surface area contributed by atoms with Crippen LogP contribution in [0.3, 0.4) is 0 Å². The standard InChI is InChI=1S/C24H28F4N2O8/c1-24(2,3)38-23(35)13-7-5-9-30(13)15(32)11-37-21-18(27)16(25)20(17(26)19(21)28)36-10-14(31)29-8-4-6-12(29)22(33)34/h12-13H,4-11H2,1-3H3,(H,33,34). The van der Waals surface area contributed by atoms with Crippen molar-refractivity contribution in [2.45, 2.75) is 64.1 Å². The molecule has 1 aromatic rings. The van der Waals surface area contributed by atoms with Crippen LogP contribution >= 0.6 is 0 Å². The summed E-state index contributed by atoms with van der Waals surface area (Å²) >= 11 is 0. The zero-order valence-electron chi connectivity index (χ0n) is 21.0. The normalized spacial score (nSPS) is 19.4. The van der Waals surface area contributed by atoms with E-state index in [2.05, 4.69) is 4.74 Å². The monoisotopic (exact) mass is 548 g/mol. The van der Waals surface area contributed by atoms with Gasteiger partial charge in [0.2, 0.25) is 23.3 Å². The Morgan fingerprint density at radius 3 is 1.58 bits per heavy atom. The molecule has 3 rings (SSSR count). The number of aliphatic carboxylic acids is 1. The quantitative estimate of drug-likeness (QED) is 0.299. The summed E-state index contributed by atoms with van der Waals surface area (Å²) in [6, 6.07) is -2.09. The van der Waals surface area contributed by atoms with E-state index in [0.29, 0.717) is 19.3 Å². The maximum atomic E-state index is 14.6. The third-order valence-electron chi connectivity index (χ3n) is 5.97. The number of carboxylic acid groups (broad SMARTS) is 1. The number of carbonyl (C=O) groups is 4. The molecule has 2 amide bonds. The molecule has 2 aliphatic heterocycles. The van der Waals surface area contributed by atoms with Gasteiger partial charge < -0.3 is 29.1 Å². The molecule has 2 heterocycles. The number of rotatable bonds is 8. The highest BCUT2D eigenvalue weighted by Crippen LogP contribution is 2.35. The van der Waals surface area contributed by atoms with E-state index in [1.807, 2.05) is 0 Å². The molecule has 0 saturated carbocycles. The van der Waals surface area contributed by atoms with Gasteiger partial charge in [-0.15, -0.1) is 0 Å². The number of esters is 1. The minimum Gasteiger partial charge on any atom is -0.480 e. The number of nitrogens with zero attached hydrogens (tertiary/aromatic N) is 2. The van der Waals surface area contributed by atoms with Crippen molar-refractivity contribution in [3.63, 3.8) is 0 Å². The number of ether oxygens (including phenoxy) is 3. The smallest absolute Gasteiger partial charge is 0.329 e. The number of amides is 2. The molecule has 10 nitrogen and oxygen atoms in total. The molecule has 0 spiro atoms. The van der Waals surface area contributed by atoms with Gasteiger partial charge >= 0.3 is 11.9 Å². The third-order valence-corrected chi connectivity index (χ3v) is 5.97. The van der Waals surface area contributed by atoms with Crippen molar-refractivity contribution in [2.75, 3.05) is 26.3 Å². The lowest BCUT2D eigenvalue weighted by Gasteiger charge is -2.27. The summed E-state index contributed by atoms with van der Waals surface area (Å²) in [4.78, 5) is 50.5. The molecule has 0 aliphatic carbocycles. The van der Waals surface area contributed by atoms with Crippen molar-refractivity contribution in [3.05, 3.63) is 23.3 Å². The highest BCUT2D eigenvalue weighted by atomic mass is 19.2. The lowest BCUT2D eigenvalue weighted by Crippen LogP contribution is -2.45. The fourth-order valence-corrected chi connectivity index (χ4v) is 4.28. The molecule has 2 atom stereocenters. The van der Waals surface area contributed by atoms with Gasteiger partial charge in [0.25, 0.3) is 11.8 Å². The Morgan fingerprint density at radius 1 is 0.789 bits per heavy atom. The highest BCUT2D eigenvalue weighted by molar-refractivity contribution is 5.86. The van der Waals surface area contributed by atoms with Crippen molar-refractivity contribution in [1.82, 2.24) is 9.80 Å². The molecule has 210 valence electrons. The fourth-order valence-electron chi connectivity index (χ4n) is 4.28. The van der Waals surface area contributed by atoms with E-state index in [0.717, 1.165) is 9.80 Å². The SMILES string of the molecule is CC(C)(C)OC(=O)C1CCCN1C(=O)COc1c(F)c(F)c(OCC(=O)N2CCCC2C(=O)O)c(F)c1F. The van der Waals surface area contributed by atoms with Crippen LogP contribution in [0.1, 0.15) is 46.5 Å². The minimum atomic E-state index is -2.01. The van der Waals surface area contributed by atoms with Gasteiger partial charge in [-0.3, -0.25) is 9.59 Å². The number of carbonyl (C=O) groups excluding carboxylic acids is 3. The van der Waals surface area contributed by atoms with E-state index in [4.69, 9.17) is 14.6 Å². The van der Waals surface area contributed by atoms with E-state index in [-0.39, 0.29) is 19.5 Å². The number of carboxylic acids is 1.